The van der Waals surface area contributed by atoms with Crippen molar-refractivity contribution in [2.75, 3.05) is 24.7 Å². The van der Waals surface area contributed by atoms with Crippen LogP contribution in [0.5, 0.6) is 11.5 Å². The van der Waals surface area contributed by atoms with E-state index in [1.807, 2.05) is 6.92 Å². The third-order valence-electron chi connectivity index (χ3n) is 3.54. The van der Waals surface area contributed by atoms with Crippen LogP contribution < -0.4 is 14.4 Å². The van der Waals surface area contributed by atoms with Crippen LogP contribution in [0.15, 0.2) is 12.1 Å². The largest absolute Gasteiger partial charge is 0.490 e. The highest BCUT2D eigenvalue weighted by molar-refractivity contribution is 6.00. The van der Waals surface area contributed by atoms with Gasteiger partial charge in [-0.2, -0.15) is 0 Å². The van der Waals surface area contributed by atoms with E-state index in [1.54, 1.807) is 19.1 Å². The normalized spacial score (nSPS) is 18.4. The number of carbonyl (C=O) groups excluding carboxylic acids is 1. The summed E-state index contributed by atoms with van der Waals surface area (Å²) in [7, 11) is 0. The Morgan fingerprint density at radius 1 is 1.39 bits per heavy atom. The summed E-state index contributed by atoms with van der Waals surface area (Å²) in [6.07, 6.45) is -0.980. The van der Waals surface area contributed by atoms with E-state index < -0.39 is 18.8 Å². The lowest BCUT2D eigenvalue weighted by atomic mass is 10.1. The second-order valence-corrected chi connectivity index (χ2v) is 5.49. The highest BCUT2D eigenvalue weighted by atomic mass is 16.5. The Morgan fingerprint density at radius 3 is 2.74 bits per heavy atom. The van der Waals surface area contributed by atoms with Gasteiger partial charge in [-0.1, -0.05) is 6.92 Å². The van der Waals surface area contributed by atoms with Crippen LogP contribution in [0.2, 0.25) is 0 Å². The van der Waals surface area contributed by atoms with Crippen molar-refractivity contribution in [2.45, 2.75) is 39.1 Å². The number of fused-ring (bicyclic) bond motifs is 1. The predicted octanol–water partition coefficient (Wildman–Crippen LogP) is 0.435. The molecule has 3 N–H and O–H groups in total. The molecule has 1 aromatic carbocycles. The minimum atomic E-state index is -1.06. The van der Waals surface area contributed by atoms with Gasteiger partial charge in [0.25, 0.3) is 5.91 Å². The molecule has 1 aliphatic heterocycles. The molecule has 7 heteroatoms. The number of β-amino-alcohol motifs (C(OH)–C–C–N with tert-alkyl or cyclic N) is 1. The molecule has 2 unspecified atom stereocenters. The van der Waals surface area contributed by atoms with E-state index in [2.05, 4.69) is 0 Å². The van der Waals surface area contributed by atoms with Gasteiger partial charge >= 0.3 is 0 Å². The minimum absolute atomic E-state index is 0.0574. The Bertz CT molecular complexity index is 562. The van der Waals surface area contributed by atoms with Crippen LogP contribution in [0.1, 0.15) is 25.8 Å². The van der Waals surface area contributed by atoms with Crippen LogP contribution in [0.4, 0.5) is 5.69 Å². The van der Waals surface area contributed by atoms with Crippen LogP contribution in [0.25, 0.3) is 0 Å². The van der Waals surface area contributed by atoms with E-state index in [0.29, 0.717) is 29.4 Å². The molecule has 2 atom stereocenters. The lowest BCUT2D eigenvalue weighted by Gasteiger charge is -2.35. The van der Waals surface area contributed by atoms with E-state index in [-0.39, 0.29) is 19.1 Å². The SMILES string of the molecule is CCCOc1cc(CO)cc2c1OC(C)C(=O)N2CC(O)CO. The first-order chi connectivity index (χ1) is 11.0. The number of hydrogen-bond donors (Lipinski definition) is 3. The molecule has 1 aromatic rings. The molecule has 23 heavy (non-hydrogen) atoms. The highest BCUT2D eigenvalue weighted by Crippen LogP contribution is 2.43. The zero-order valence-corrected chi connectivity index (χ0v) is 13.4. The maximum atomic E-state index is 12.4. The van der Waals surface area contributed by atoms with Crippen molar-refractivity contribution in [2.24, 2.45) is 0 Å². The van der Waals surface area contributed by atoms with Crippen molar-refractivity contribution < 1.29 is 29.6 Å². The van der Waals surface area contributed by atoms with Gasteiger partial charge < -0.3 is 29.7 Å². The molecule has 0 saturated heterocycles. The molecule has 1 amide bonds. The zero-order valence-electron chi connectivity index (χ0n) is 13.4. The Hall–Kier alpha value is -1.83. The first-order valence-electron chi connectivity index (χ1n) is 7.69. The fraction of sp³-hybridized carbons (Fsp3) is 0.562. The number of ether oxygens (including phenoxy) is 2. The molecule has 1 aliphatic rings. The van der Waals surface area contributed by atoms with E-state index in [0.717, 1.165) is 6.42 Å². The average Bonchev–Trinajstić information content (AvgIpc) is 2.56. The monoisotopic (exact) mass is 325 g/mol. The topological polar surface area (TPSA) is 99.5 Å². The summed E-state index contributed by atoms with van der Waals surface area (Å²) in [5, 5.41) is 28.2. The molecule has 2 rings (SSSR count). The van der Waals surface area contributed by atoms with Crippen molar-refractivity contribution in [3.8, 4) is 11.5 Å². The van der Waals surface area contributed by atoms with E-state index in [1.165, 1.54) is 4.90 Å². The number of aliphatic hydroxyl groups excluding tert-OH is 3. The summed E-state index contributed by atoms with van der Waals surface area (Å²) in [4.78, 5) is 13.7. The lowest BCUT2D eigenvalue weighted by Crippen LogP contribution is -2.48. The zero-order chi connectivity index (χ0) is 17.0. The molecule has 0 aliphatic carbocycles. The van der Waals surface area contributed by atoms with E-state index >= 15 is 0 Å². The predicted molar refractivity (Wildman–Crippen MR) is 83.7 cm³/mol. The van der Waals surface area contributed by atoms with Crippen LogP contribution >= 0.6 is 0 Å². The standard InChI is InChI=1S/C16H23NO6/c1-3-4-22-14-6-11(8-18)5-13-15(14)23-10(2)16(21)17(13)7-12(20)9-19/h5-6,10,12,18-20H,3-4,7-9H2,1-2H3. The van der Waals surface area contributed by atoms with Crippen molar-refractivity contribution in [1.29, 1.82) is 0 Å². The second-order valence-electron chi connectivity index (χ2n) is 5.49. The Kier molecular flexibility index (Phi) is 5.81. The van der Waals surface area contributed by atoms with Gasteiger partial charge in [-0.3, -0.25) is 4.79 Å². The molecular weight excluding hydrogens is 302 g/mol. The summed E-state index contributed by atoms with van der Waals surface area (Å²) < 4.78 is 11.3. The van der Waals surface area contributed by atoms with Crippen LogP contribution in [-0.2, 0) is 11.4 Å². The summed E-state index contributed by atoms with van der Waals surface area (Å²) in [6.45, 7) is 3.35. The second kappa shape index (κ2) is 7.63. The van der Waals surface area contributed by atoms with Crippen LogP contribution in [-0.4, -0.2) is 53.2 Å². The van der Waals surface area contributed by atoms with Crippen LogP contribution in [0, 0.1) is 0 Å². The molecule has 128 valence electrons. The maximum Gasteiger partial charge on any atom is 0.267 e. The number of amides is 1. The maximum absolute atomic E-state index is 12.4. The van der Waals surface area contributed by atoms with Gasteiger partial charge in [-0.15, -0.1) is 0 Å². The fourth-order valence-electron chi connectivity index (χ4n) is 2.39. The minimum Gasteiger partial charge on any atom is -0.490 e. The van der Waals surface area contributed by atoms with Crippen molar-refractivity contribution in [1.82, 2.24) is 0 Å². The van der Waals surface area contributed by atoms with Gasteiger partial charge in [0, 0.05) is 0 Å². The molecule has 0 fully saturated rings. The summed E-state index contributed by atoms with van der Waals surface area (Å²) >= 11 is 0. The van der Waals surface area contributed by atoms with E-state index in [4.69, 9.17) is 14.6 Å². The van der Waals surface area contributed by atoms with Gasteiger partial charge in [0.05, 0.1) is 38.2 Å². The number of hydrogen-bond acceptors (Lipinski definition) is 6. The van der Waals surface area contributed by atoms with Gasteiger partial charge in [0.2, 0.25) is 0 Å². The molecule has 0 saturated carbocycles. The van der Waals surface area contributed by atoms with Gasteiger partial charge in [0.15, 0.2) is 17.6 Å². The molecule has 0 radical (unpaired) electrons. The molecular formula is C16H23NO6. The number of benzene rings is 1. The Labute approximate surface area is 135 Å². The lowest BCUT2D eigenvalue weighted by molar-refractivity contribution is -0.126. The van der Waals surface area contributed by atoms with Crippen LogP contribution in [0.3, 0.4) is 0 Å². The number of aliphatic hydroxyl groups is 3. The van der Waals surface area contributed by atoms with Gasteiger partial charge in [0.1, 0.15) is 0 Å². The Morgan fingerprint density at radius 2 is 2.13 bits per heavy atom. The smallest absolute Gasteiger partial charge is 0.267 e. The number of rotatable bonds is 7. The quantitative estimate of drug-likeness (QED) is 0.672. The molecule has 0 spiro atoms. The Balaban J connectivity index is 2.47. The van der Waals surface area contributed by atoms with Gasteiger partial charge in [-0.25, -0.2) is 0 Å². The number of nitrogens with zero attached hydrogens (tertiary/aromatic N) is 1. The summed E-state index contributed by atoms with van der Waals surface area (Å²) in [6, 6.07) is 3.31. The third-order valence-corrected chi connectivity index (χ3v) is 3.54. The summed E-state index contributed by atoms with van der Waals surface area (Å²) in [5.74, 6) is 0.547. The molecule has 7 nitrogen and oxygen atoms in total. The van der Waals surface area contributed by atoms with Crippen molar-refractivity contribution in [3.05, 3.63) is 17.7 Å². The number of anilines is 1. The average molecular weight is 325 g/mol. The number of carbonyl (C=O) groups is 1. The van der Waals surface area contributed by atoms with E-state index in [9.17, 15) is 15.0 Å². The molecule has 1 heterocycles. The first-order valence-corrected chi connectivity index (χ1v) is 7.69. The highest BCUT2D eigenvalue weighted by Gasteiger charge is 2.35. The van der Waals surface area contributed by atoms with Crippen molar-refractivity contribution in [3.63, 3.8) is 0 Å². The third kappa shape index (κ3) is 3.74. The first kappa shape index (κ1) is 17.5. The molecule has 0 aromatic heterocycles. The van der Waals surface area contributed by atoms with Crippen molar-refractivity contribution >= 4 is 11.6 Å². The molecule has 0 bridgehead atoms. The van der Waals surface area contributed by atoms with Gasteiger partial charge in [-0.05, 0) is 31.0 Å². The fourth-order valence-corrected chi connectivity index (χ4v) is 2.39. The summed E-state index contributed by atoms with van der Waals surface area (Å²) in [5.41, 5.74) is 1.00.